The molecule has 0 aromatic heterocycles. The molecule has 0 aliphatic rings. The predicted molar refractivity (Wildman–Crippen MR) is 68.0 cm³/mol. The molecule has 0 aliphatic carbocycles. The van der Waals surface area contributed by atoms with E-state index in [1.54, 1.807) is 24.3 Å². The van der Waals surface area contributed by atoms with E-state index in [0.717, 1.165) is 5.56 Å². The maximum absolute atomic E-state index is 12.6. The summed E-state index contributed by atoms with van der Waals surface area (Å²) in [6.45, 7) is -1.57. The number of nitrogens with one attached hydrogen (secondary N) is 1. The second-order valence-corrected chi connectivity index (χ2v) is 4.71. The Balaban J connectivity index is 2.44. The maximum atomic E-state index is 12.6. The van der Waals surface area contributed by atoms with Crippen LogP contribution in [-0.4, -0.2) is 31.6 Å². The first-order valence-electron chi connectivity index (χ1n) is 5.79. The van der Waals surface area contributed by atoms with Crippen molar-refractivity contribution in [1.29, 1.82) is 0 Å². The van der Waals surface area contributed by atoms with Crippen molar-refractivity contribution in [3.8, 4) is 0 Å². The number of hydrogen-bond donors (Lipinski definition) is 2. The summed E-state index contributed by atoms with van der Waals surface area (Å²) < 4.78 is 53.7. The van der Waals surface area contributed by atoms with E-state index in [4.69, 9.17) is 17.4 Å². The minimum Gasteiger partial charge on any atom is -0.373 e. The molecule has 0 heterocycles. The quantitative estimate of drug-likeness (QED) is 0.440. The number of hydrazine groups is 1. The Bertz CT molecular complexity index is 420. The number of nitrogens with two attached hydrogens (primary N) is 1. The van der Waals surface area contributed by atoms with Crippen molar-refractivity contribution >= 4 is 11.6 Å². The Hall–Kier alpha value is -0.890. The second kappa shape index (κ2) is 7.78. The third-order valence-electron chi connectivity index (χ3n) is 2.54. The summed E-state index contributed by atoms with van der Waals surface area (Å²) in [6, 6.07) is 6.41. The van der Waals surface area contributed by atoms with Crippen LogP contribution in [0.25, 0.3) is 0 Å². The molecule has 0 spiro atoms. The van der Waals surface area contributed by atoms with Crippen LogP contribution in [0.15, 0.2) is 24.3 Å². The zero-order chi connectivity index (χ0) is 15.2. The molecule has 1 atom stereocenters. The highest BCUT2D eigenvalue weighted by molar-refractivity contribution is 6.30. The minimum atomic E-state index is -4.16. The summed E-state index contributed by atoms with van der Waals surface area (Å²) >= 11 is 5.81. The van der Waals surface area contributed by atoms with E-state index in [9.17, 15) is 17.6 Å². The molecule has 0 saturated heterocycles. The van der Waals surface area contributed by atoms with E-state index in [2.05, 4.69) is 10.2 Å². The van der Waals surface area contributed by atoms with E-state index in [1.807, 2.05) is 0 Å². The lowest BCUT2D eigenvalue weighted by Gasteiger charge is -2.19. The standard InChI is InChI=1S/C12H15ClF4N2O/c13-9-3-1-2-8(4-9)5-10(19-18)6-20-7-12(16,17)11(14)15/h1-4,10-11,19H,5-7,18H2. The molecule has 3 nitrogen and oxygen atoms in total. The Morgan fingerprint density at radius 1 is 1.35 bits per heavy atom. The molecule has 0 bridgehead atoms. The van der Waals surface area contributed by atoms with E-state index in [0.29, 0.717) is 11.4 Å². The van der Waals surface area contributed by atoms with E-state index < -0.39 is 25.0 Å². The van der Waals surface area contributed by atoms with Crippen LogP contribution in [0, 0.1) is 0 Å². The molecule has 0 saturated carbocycles. The van der Waals surface area contributed by atoms with Gasteiger partial charge in [-0.2, -0.15) is 8.78 Å². The van der Waals surface area contributed by atoms with Gasteiger partial charge in [0.2, 0.25) is 0 Å². The molecule has 1 aromatic carbocycles. The summed E-state index contributed by atoms with van der Waals surface area (Å²) in [5, 5.41) is 0.531. The van der Waals surface area contributed by atoms with Crippen LogP contribution in [0.3, 0.4) is 0 Å². The Morgan fingerprint density at radius 2 is 2.05 bits per heavy atom. The average Bonchev–Trinajstić information content (AvgIpc) is 2.37. The minimum absolute atomic E-state index is 0.217. The smallest absolute Gasteiger partial charge is 0.330 e. The topological polar surface area (TPSA) is 47.3 Å². The summed E-state index contributed by atoms with van der Waals surface area (Å²) in [6.07, 6.45) is -3.38. The van der Waals surface area contributed by atoms with Crippen LogP contribution in [0.2, 0.25) is 5.02 Å². The van der Waals surface area contributed by atoms with Gasteiger partial charge in [0.25, 0.3) is 0 Å². The number of benzene rings is 1. The molecule has 3 N–H and O–H groups in total. The number of ether oxygens (including phenoxy) is 1. The Morgan fingerprint density at radius 3 is 2.60 bits per heavy atom. The highest BCUT2D eigenvalue weighted by atomic mass is 35.5. The van der Waals surface area contributed by atoms with Gasteiger partial charge in [-0.25, -0.2) is 8.78 Å². The van der Waals surface area contributed by atoms with Crippen molar-refractivity contribution in [2.75, 3.05) is 13.2 Å². The van der Waals surface area contributed by atoms with Gasteiger partial charge in [0.05, 0.1) is 6.61 Å². The molecule has 8 heteroatoms. The zero-order valence-corrected chi connectivity index (χ0v) is 11.2. The summed E-state index contributed by atoms with van der Waals surface area (Å²) in [5.74, 6) is 1.11. The van der Waals surface area contributed by atoms with Crippen molar-refractivity contribution in [2.24, 2.45) is 5.84 Å². The largest absolute Gasteiger partial charge is 0.373 e. The van der Waals surface area contributed by atoms with Gasteiger partial charge in [-0.05, 0) is 24.1 Å². The van der Waals surface area contributed by atoms with Gasteiger partial charge in [-0.1, -0.05) is 23.7 Å². The van der Waals surface area contributed by atoms with Crippen LogP contribution in [0.5, 0.6) is 0 Å². The fourth-order valence-electron chi connectivity index (χ4n) is 1.51. The maximum Gasteiger partial charge on any atom is 0.330 e. The van der Waals surface area contributed by atoms with Gasteiger partial charge < -0.3 is 4.74 Å². The fraction of sp³-hybridized carbons (Fsp3) is 0.500. The molecule has 20 heavy (non-hydrogen) atoms. The van der Waals surface area contributed by atoms with Crippen LogP contribution in [-0.2, 0) is 11.2 Å². The van der Waals surface area contributed by atoms with Crippen molar-refractivity contribution in [1.82, 2.24) is 5.43 Å². The average molecular weight is 315 g/mol. The first kappa shape index (κ1) is 17.2. The normalized spacial score (nSPS) is 13.8. The highest BCUT2D eigenvalue weighted by Crippen LogP contribution is 2.23. The molecule has 0 fully saturated rings. The zero-order valence-electron chi connectivity index (χ0n) is 10.5. The summed E-state index contributed by atoms with van der Waals surface area (Å²) in [7, 11) is 0. The van der Waals surface area contributed by atoms with Gasteiger partial charge in [-0.3, -0.25) is 11.3 Å². The second-order valence-electron chi connectivity index (χ2n) is 4.27. The third-order valence-corrected chi connectivity index (χ3v) is 2.77. The van der Waals surface area contributed by atoms with Gasteiger partial charge in [0.1, 0.15) is 6.61 Å². The first-order chi connectivity index (χ1) is 9.35. The lowest BCUT2D eigenvalue weighted by Crippen LogP contribution is -2.42. The lowest BCUT2D eigenvalue weighted by molar-refractivity contribution is -0.167. The Labute approximate surface area is 119 Å². The van der Waals surface area contributed by atoms with E-state index >= 15 is 0 Å². The Kier molecular flexibility index (Phi) is 6.67. The monoisotopic (exact) mass is 314 g/mol. The van der Waals surface area contributed by atoms with Crippen molar-refractivity contribution in [3.05, 3.63) is 34.9 Å². The first-order valence-corrected chi connectivity index (χ1v) is 6.17. The highest BCUT2D eigenvalue weighted by Gasteiger charge is 2.41. The SMILES string of the molecule is NNC(COCC(F)(F)C(F)F)Cc1cccc(Cl)c1. The number of halogens is 5. The van der Waals surface area contributed by atoms with Gasteiger partial charge in [-0.15, -0.1) is 0 Å². The lowest BCUT2D eigenvalue weighted by atomic mass is 10.1. The van der Waals surface area contributed by atoms with E-state index in [1.165, 1.54) is 0 Å². The number of alkyl halides is 4. The van der Waals surface area contributed by atoms with Crippen LogP contribution in [0.1, 0.15) is 5.56 Å². The fourth-order valence-corrected chi connectivity index (χ4v) is 1.73. The van der Waals surface area contributed by atoms with Gasteiger partial charge in [0, 0.05) is 11.1 Å². The molecule has 1 aromatic rings. The molecule has 0 aliphatic heterocycles. The molecule has 114 valence electrons. The molecular weight excluding hydrogens is 300 g/mol. The van der Waals surface area contributed by atoms with Gasteiger partial charge in [0.15, 0.2) is 0 Å². The molecule has 0 radical (unpaired) electrons. The molecule has 1 rings (SSSR count). The van der Waals surface area contributed by atoms with Crippen LogP contribution < -0.4 is 11.3 Å². The summed E-state index contributed by atoms with van der Waals surface area (Å²) in [5.41, 5.74) is 3.21. The third kappa shape index (κ3) is 5.62. The molecule has 0 amide bonds. The van der Waals surface area contributed by atoms with E-state index in [-0.39, 0.29) is 6.61 Å². The van der Waals surface area contributed by atoms with Crippen LogP contribution in [0.4, 0.5) is 17.6 Å². The number of hydrogen-bond acceptors (Lipinski definition) is 3. The molecule has 1 unspecified atom stereocenters. The van der Waals surface area contributed by atoms with Crippen molar-refractivity contribution in [3.63, 3.8) is 0 Å². The van der Waals surface area contributed by atoms with Gasteiger partial charge >= 0.3 is 12.3 Å². The number of rotatable bonds is 8. The van der Waals surface area contributed by atoms with Crippen molar-refractivity contribution < 1.29 is 22.3 Å². The summed E-state index contributed by atoms with van der Waals surface area (Å²) in [4.78, 5) is 0. The predicted octanol–water partition coefficient (Wildman–Crippen LogP) is 2.63. The van der Waals surface area contributed by atoms with Crippen molar-refractivity contribution in [2.45, 2.75) is 24.8 Å². The van der Waals surface area contributed by atoms with Crippen LogP contribution >= 0.6 is 11.6 Å². The molecular formula is C12H15ClF4N2O.